The lowest BCUT2D eigenvalue weighted by molar-refractivity contribution is -0.384. The minimum atomic E-state index is -0.600. The van der Waals surface area contributed by atoms with Crippen molar-refractivity contribution in [3.05, 3.63) is 68.7 Å². The molecule has 0 aliphatic heterocycles. The number of fused-ring (bicyclic) bond motifs is 1. The van der Waals surface area contributed by atoms with E-state index in [1.165, 1.54) is 22.8 Å². The molecule has 3 aromatic rings. The van der Waals surface area contributed by atoms with Crippen LogP contribution in [0.3, 0.4) is 0 Å². The Balaban J connectivity index is 0.00000320. The minimum Gasteiger partial charge on any atom is -0.407 e. The number of nitrogens with one attached hydrogen (secondary N) is 2. The van der Waals surface area contributed by atoms with Crippen LogP contribution < -0.4 is 16.4 Å². The summed E-state index contributed by atoms with van der Waals surface area (Å²) in [6.07, 6.45) is 0.651. The van der Waals surface area contributed by atoms with Gasteiger partial charge in [-0.1, -0.05) is 19.1 Å². The van der Waals surface area contributed by atoms with Crippen LogP contribution >= 0.6 is 12.4 Å². The highest BCUT2D eigenvalue weighted by atomic mass is 35.5. The van der Waals surface area contributed by atoms with E-state index in [1.807, 2.05) is 31.2 Å². The molecule has 1 aromatic heterocycles. The van der Waals surface area contributed by atoms with Gasteiger partial charge in [-0.25, -0.2) is 4.79 Å². The molecule has 1 heterocycles. The molecule has 1 amide bonds. The molecule has 2 aromatic carbocycles. The summed E-state index contributed by atoms with van der Waals surface area (Å²) >= 11 is 0. The zero-order valence-corrected chi connectivity index (χ0v) is 17.2. The number of carbonyl (C=O) groups is 1. The molecule has 0 aliphatic carbocycles. The number of nitro groups is 1. The predicted molar refractivity (Wildman–Crippen MR) is 116 cm³/mol. The van der Waals surface area contributed by atoms with E-state index in [4.69, 9.17) is 4.42 Å². The van der Waals surface area contributed by atoms with E-state index in [9.17, 15) is 19.7 Å². The van der Waals surface area contributed by atoms with Gasteiger partial charge in [0.2, 0.25) is 5.91 Å². The Morgan fingerprint density at radius 2 is 2.03 bits per heavy atom. The molecule has 0 atom stereocenters. The Morgan fingerprint density at radius 3 is 2.77 bits per heavy atom. The van der Waals surface area contributed by atoms with Crippen molar-refractivity contribution in [1.29, 1.82) is 0 Å². The van der Waals surface area contributed by atoms with Gasteiger partial charge in [-0.05, 0) is 36.7 Å². The molecule has 0 unspecified atom stereocenters. The van der Waals surface area contributed by atoms with E-state index in [2.05, 4.69) is 10.6 Å². The van der Waals surface area contributed by atoms with E-state index in [1.54, 1.807) is 0 Å². The summed E-state index contributed by atoms with van der Waals surface area (Å²) in [6.45, 7) is 3.90. The van der Waals surface area contributed by atoms with Gasteiger partial charge in [0.05, 0.1) is 16.5 Å². The van der Waals surface area contributed by atoms with Gasteiger partial charge in [0.15, 0.2) is 5.58 Å². The minimum absolute atomic E-state index is 0. The maximum atomic E-state index is 12.2. The van der Waals surface area contributed by atoms with E-state index < -0.39 is 10.7 Å². The van der Waals surface area contributed by atoms with Crippen molar-refractivity contribution in [2.45, 2.75) is 32.9 Å². The summed E-state index contributed by atoms with van der Waals surface area (Å²) in [5.41, 5.74) is 2.29. The van der Waals surface area contributed by atoms with Gasteiger partial charge >= 0.3 is 5.76 Å². The zero-order valence-electron chi connectivity index (χ0n) is 16.4. The number of nitrogens with zero attached hydrogens (tertiary/aromatic N) is 2. The van der Waals surface area contributed by atoms with E-state index in [0.29, 0.717) is 11.9 Å². The number of nitro benzene ring substituents is 1. The second-order valence-corrected chi connectivity index (χ2v) is 6.56. The van der Waals surface area contributed by atoms with Gasteiger partial charge in [0.1, 0.15) is 0 Å². The first-order chi connectivity index (χ1) is 14.0. The Labute approximate surface area is 178 Å². The monoisotopic (exact) mass is 434 g/mol. The van der Waals surface area contributed by atoms with Gasteiger partial charge in [0.25, 0.3) is 5.69 Å². The Kier molecular flexibility index (Phi) is 8.14. The maximum Gasteiger partial charge on any atom is 0.419 e. The topological polar surface area (TPSA) is 119 Å². The highest BCUT2D eigenvalue weighted by Crippen LogP contribution is 2.20. The molecule has 3 rings (SSSR count). The number of hydrogen-bond donors (Lipinski definition) is 2. The summed E-state index contributed by atoms with van der Waals surface area (Å²) in [5, 5.41) is 16.9. The van der Waals surface area contributed by atoms with Crippen molar-refractivity contribution >= 4 is 40.8 Å². The first kappa shape index (κ1) is 23.1. The van der Waals surface area contributed by atoms with Gasteiger partial charge in [0, 0.05) is 31.3 Å². The molecule has 2 N–H and O–H groups in total. The second kappa shape index (κ2) is 10.6. The summed E-state index contributed by atoms with van der Waals surface area (Å²) in [4.78, 5) is 34.5. The second-order valence-electron chi connectivity index (χ2n) is 6.56. The molecule has 0 saturated heterocycles. The number of carbonyl (C=O) groups excluding carboxylic acids is 1. The number of rotatable bonds is 9. The van der Waals surface area contributed by atoms with Crippen molar-refractivity contribution in [3.63, 3.8) is 0 Å². The van der Waals surface area contributed by atoms with Crippen LogP contribution in [0.5, 0.6) is 0 Å². The summed E-state index contributed by atoms with van der Waals surface area (Å²) in [7, 11) is 0. The van der Waals surface area contributed by atoms with Crippen molar-refractivity contribution in [3.8, 4) is 0 Å². The third-order valence-corrected chi connectivity index (χ3v) is 4.44. The van der Waals surface area contributed by atoms with Crippen LogP contribution in [-0.2, 0) is 17.9 Å². The standard InChI is InChI=1S/C20H22N4O5.ClH/c1-2-21-13-14-5-3-6-15(11-14)22-19(25)7-4-10-23-17-9-8-16(24(27)28)12-18(17)29-20(23)26;/h3,5-6,8-9,11-12,21H,2,4,7,10,13H2,1H3,(H,22,25);1H. The number of halogens is 1. The summed E-state index contributed by atoms with van der Waals surface area (Å²) in [6, 6.07) is 11.6. The number of benzene rings is 2. The number of hydrogen-bond acceptors (Lipinski definition) is 6. The molecule has 0 aliphatic rings. The Morgan fingerprint density at radius 1 is 1.23 bits per heavy atom. The van der Waals surface area contributed by atoms with Crippen LogP contribution in [0.15, 0.2) is 51.7 Å². The van der Waals surface area contributed by atoms with Crippen LogP contribution in [0.25, 0.3) is 11.1 Å². The SMILES string of the molecule is CCNCc1cccc(NC(=O)CCCn2c(=O)oc3cc([N+](=O)[O-])ccc32)c1.Cl. The summed E-state index contributed by atoms with van der Waals surface area (Å²) < 4.78 is 6.46. The van der Waals surface area contributed by atoms with Crippen LogP contribution in [-0.4, -0.2) is 21.9 Å². The number of anilines is 1. The predicted octanol–water partition coefficient (Wildman–Crippen LogP) is 3.45. The number of amides is 1. The Hall–Kier alpha value is -3.17. The Bertz CT molecular complexity index is 1090. The molecule has 0 fully saturated rings. The lowest BCUT2D eigenvalue weighted by Crippen LogP contribution is -2.17. The fourth-order valence-corrected chi connectivity index (χ4v) is 3.03. The first-order valence-corrected chi connectivity index (χ1v) is 9.35. The molecule has 0 radical (unpaired) electrons. The molecule has 9 nitrogen and oxygen atoms in total. The van der Waals surface area contributed by atoms with Crippen LogP contribution in [0.4, 0.5) is 11.4 Å². The third-order valence-electron chi connectivity index (χ3n) is 4.44. The quantitative estimate of drug-likeness (QED) is 0.393. The average molecular weight is 435 g/mol. The zero-order chi connectivity index (χ0) is 20.8. The number of non-ortho nitro benzene ring substituents is 1. The fraction of sp³-hybridized carbons (Fsp3) is 0.300. The van der Waals surface area contributed by atoms with E-state index >= 15 is 0 Å². The van der Waals surface area contributed by atoms with Crippen LogP contribution in [0.2, 0.25) is 0 Å². The van der Waals surface area contributed by atoms with Gasteiger partial charge in [-0.3, -0.25) is 19.5 Å². The van der Waals surface area contributed by atoms with Gasteiger partial charge in [-0.2, -0.15) is 0 Å². The number of aromatic nitrogens is 1. The van der Waals surface area contributed by atoms with Crippen LogP contribution in [0, 0.1) is 10.1 Å². The molecule has 30 heavy (non-hydrogen) atoms. The molecule has 160 valence electrons. The number of aryl methyl sites for hydroxylation is 1. The summed E-state index contributed by atoms with van der Waals surface area (Å²) in [5.74, 6) is -0.751. The maximum absolute atomic E-state index is 12.2. The molecule has 10 heteroatoms. The first-order valence-electron chi connectivity index (χ1n) is 9.35. The molecule has 0 spiro atoms. The van der Waals surface area contributed by atoms with Gasteiger partial charge in [-0.15, -0.1) is 12.4 Å². The number of oxazole rings is 1. The highest BCUT2D eigenvalue weighted by Gasteiger charge is 2.14. The van der Waals surface area contributed by atoms with E-state index in [0.717, 1.165) is 24.3 Å². The largest absolute Gasteiger partial charge is 0.419 e. The molecule has 0 saturated carbocycles. The van der Waals surface area contributed by atoms with E-state index in [-0.39, 0.29) is 42.6 Å². The third kappa shape index (κ3) is 5.68. The van der Waals surface area contributed by atoms with Crippen molar-refractivity contribution in [1.82, 2.24) is 9.88 Å². The normalized spacial score (nSPS) is 10.6. The van der Waals surface area contributed by atoms with Crippen molar-refractivity contribution < 1.29 is 14.1 Å². The smallest absolute Gasteiger partial charge is 0.407 e. The van der Waals surface area contributed by atoms with Crippen molar-refractivity contribution in [2.24, 2.45) is 0 Å². The lowest BCUT2D eigenvalue weighted by Gasteiger charge is -2.08. The highest BCUT2D eigenvalue weighted by molar-refractivity contribution is 5.90. The fourth-order valence-electron chi connectivity index (χ4n) is 3.03. The molecule has 0 bridgehead atoms. The van der Waals surface area contributed by atoms with Crippen molar-refractivity contribution in [2.75, 3.05) is 11.9 Å². The lowest BCUT2D eigenvalue weighted by atomic mass is 10.2. The average Bonchev–Trinajstić information content (AvgIpc) is 3.01. The molecular weight excluding hydrogens is 412 g/mol. The van der Waals surface area contributed by atoms with Crippen LogP contribution in [0.1, 0.15) is 25.3 Å². The van der Waals surface area contributed by atoms with Gasteiger partial charge < -0.3 is 15.1 Å². The molecular formula is C20H23ClN4O5.